The molecule has 1 amide bonds. The Hall–Kier alpha value is -1.09. The van der Waals surface area contributed by atoms with Gasteiger partial charge in [0, 0.05) is 16.8 Å². The van der Waals surface area contributed by atoms with Gasteiger partial charge in [-0.15, -0.1) is 11.3 Å². The molecule has 0 unspecified atom stereocenters. The second-order valence-corrected chi connectivity index (χ2v) is 7.20. The van der Waals surface area contributed by atoms with Crippen molar-refractivity contribution in [2.45, 2.75) is 38.3 Å². The zero-order valence-electron chi connectivity index (χ0n) is 11.0. The maximum atomic E-state index is 12.8. The maximum Gasteiger partial charge on any atom is 0.226 e. The molecule has 0 radical (unpaired) electrons. The van der Waals surface area contributed by atoms with Crippen LogP contribution in [0.5, 0.6) is 0 Å². The van der Waals surface area contributed by atoms with Crippen LogP contribution in [-0.4, -0.2) is 16.8 Å². The molecule has 0 aromatic carbocycles. The summed E-state index contributed by atoms with van der Waals surface area (Å²) in [5, 5.41) is 2.10. The molecule has 2 nitrogen and oxygen atoms in total. The van der Waals surface area contributed by atoms with Crippen LogP contribution in [0.4, 0.5) is 0 Å². The first kappa shape index (κ1) is 11.7. The van der Waals surface area contributed by atoms with Crippen LogP contribution in [-0.2, 0) is 11.3 Å². The first-order valence-electron chi connectivity index (χ1n) is 7.32. The smallest absolute Gasteiger partial charge is 0.226 e. The van der Waals surface area contributed by atoms with Gasteiger partial charge in [0.1, 0.15) is 0 Å². The molecule has 2 saturated carbocycles. The van der Waals surface area contributed by atoms with Crippen LogP contribution < -0.4 is 0 Å². The number of carbonyl (C=O) groups is 1. The van der Waals surface area contributed by atoms with E-state index in [9.17, 15) is 4.79 Å². The van der Waals surface area contributed by atoms with Crippen LogP contribution in [0, 0.1) is 17.8 Å². The van der Waals surface area contributed by atoms with E-state index in [0.29, 0.717) is 23.8 Å². The fourth-order valence-electron chi connectivity index (χ4n) is 3.62. The number of thiophene rings is 1. The third-order valence-electron chi connectivity index (χ3n) is 4.77. The number of fused-ring (bicyclic) bond motifs is 2. The van der Waals surface area contributed by atoms with Crippen LogP contribution in [0.2, 0.25) is 0 Å². The van der Waals surface area contributed by atoms with Crippen molar-refractivity contribution in [3.05, 3.63) is 34.5 Å². The number of allylic oxidation sites excluding steroid dienone is 2. The molecular formula is C16H19NOS. The Morgan fingerprint density at radius 3 is 2.79 bits per heavy atom. The number of nitrogens with zero attached hydrogens (tertiary/aromatic N) is 1. The molecule has 0 aliphatic heterocycles. The third-order valence-corrected chi connectivity index (χ3v) is 5.63. The van der Waals surface area contributed by atoms with E-state index in [1.54, 1.807) is 11.3 Å². The lowest BCUT2D eigenvalue weighted by Crippen LogP contribution is -2.38. The van der Waals surface area contributed by atoms with E-state index in [1.165, 1.54) is 24.1 Å². The molecule has 0 spiro atoms. The number of hydrogen-bond donors (Lipinski definition) is 0. The van der Waals surface area contributed by atoms with Gasteiger partial charge in [0.15, 0.2) is 0 Å². The minimum absolute atomic E-state index is 0.274. The van der Waals surface area contributed by atoms with Crippen LogP contribution in [0.3, 0.4) is 0 Å². The Bertz CT molecular complexity index is 503. The third kappa shape index (κ3) is 2.14. The van der Waals surface area contributed by atoms with Crippen molar-refractivity contribution < 1.29 is 4.79 Å². The summed E-state index contributed by atoms with van der Waals surface area (Å²) in [6, 6.07) is 4.75. The van der Waals surface area contributed by atoms with Crippen molar-refractivity contribution in [3.63, 3.8) is 0 Å². The lowest BCUT2D eigenvalue weighted by molar-refractivity contribution is -0.137. The zero-order valence-corrected chi connectivity index (χ0v) is 11.8. The van der Waals surface area contributed by atoms with Gasteiger partial charge in [-0.25, -0.2) is 0 Å². The predicted octanol–water partition coefficient (Wildman–Crippen LogP) is 3.45. The predicted molar refractivity (Wildman–Crippen MR) is 76.7 cm³/mol. The molecule has 3 heteroatoms. The number of rotatable bonds is 4. The lowest BCUT2D eigenvalue weighted by atomic mass is 9.92. The number of carbonyl (C=O) groups excluding carboxylic acids is 1. The van der Waals surface area contributed by atoms with Gasteiger partial charge in [0.25, 0.3) is 0 Å². The molecule has 2 fully saturated rings. The molecule has 3 atom stereocenters. The minimum atomic E-state index is 0.274. The maximum absolute atomic E-state index is 12.8. The minimum Gasteiger partial charge on any atom is -0.334 e. The lowest BCUT2D eigenvalue weighted by Gasteiger charge is -2.28. The molecule has 1 aromatic heterocycles. The Morgan fingerprint density at radius 1 is 1.32 bits per heavy atom. The summed E-state index contributed by atoms with van der Waals surface area (Å²) in [7, 11) is 0. The molecular weight excluding hydrogens is 254 g/mol. The van der Waals surface area contributed by atoms with Crippen molar-refractivity contribution in [2.75, 3.05) is 0 Å². The summed E-state index contributed by atoms with van der Waals surface area (Å²) < 4.78 is 0. The van der Waals surface area contributed by atoms with Crippen LogP contribution in [0.1, 0.15) is 30.6 Å². The second kappa shape index (κ2) is 4.48. The molecule has 0 saturated heterocycles. The highest BCUT2D eigenvalue weighted by atomic mass is 32.1. The number of hydrogen-bond acceptors (Lipinski definition) is 2. The fraction of sp³-hybridized carbons (Fsp3) is 0.562. The van der Waals surface area contributed by atoms with E-state index in [2.05, 4.69) is 34.6 Å². The van der Waals surface area contributed by atoms with Crippen LogP contribution in [0.25, 0.3) is 0 Å². The summed E-state index contributed by atoms with van der Waals surface area (Å²) in [5.41, 5.74) is 0. The average molecular weight is 273 g/mol. The molecule has 19 heavy (non-hydrogen) atoms. The Balaban J connectivity index is 1.51. The second-order valence-electron chi connectivity index (χ2n) is 6.16. The standard InChI is InChI=1S/C16H19NOS/c18-16(15-9-11-3-4-12(15)8-11)17(13-5-6-13)10-14-2-1-7-19-14/h1-4,7,11-13,15H,5-6,8-10H2/t11-,12-,15-/m0/s1. The molecule has 2 bridgehead atoms. The van der Waals surface area contributed by atoms with Gasteiger partial charge in [-0.05, 0) is 49.0 Å². The van der Waals surface area contributed by atoms with Gasteiger partial charge >= 0.3 is 0 Å². The van der Waals surface area contributed by atoms with Crippen molar-refractivity contribution >= 4 is 17.2 Å². The SMILES string of the molecule is O=C([C@H]1C[C@H]2C=C[C@H]1C2)N(Cc1cccs1)C1CC1. The van der Waals surface area contributed by atoms with E-state index in [4.69, 9.17) is 0 Å². The zero-order chi connectivity index (χ0) is 12.8. The first-order valence-corrected chi connectivity index (χ1v) is 8.20. The number of amides is 1. The van der Waals surface area contributed by atoms with Gasteiger partial charge in [-0.1, -0.05) is 18.2 Å². The monoisotopic (exact) mass is 273 g/mol. The van der Waals surface area contributed by atoms with Crippen LogP contribution >= 0.6 is 11.3 Å². The van der Waals surface area contributed by atoms with Gasteiger partial charge in [-0.3, -0.25) is 4.79 Å². The van der Waals surface area contributed by atoms with E-state index >= 15 is 0 Å². The highest BCUT2D eigenvalue weighted by Gasteiger charge is 2.44. The summed E-state index contributed by atoms with van der Waals surface area (Å²) in [5.74, 6) is 1.91. The summed E-state index contributed by atoms with van der Waals surface area (Å²) >= 11 is 1.76. The summed E-state index contributed by atoms with van der Waals surface area (Å²) in [6.45, 7) is 0.832. The molecule has 3 aliphatic carbocycles. The molecule has 4 rings (SSSR count). The Labute approximate surface area is 118 Å². The highest BCUT2D eigenvalue weighted by Crippen LogP contribution is 2.45. The molecule has 100 valence electrons. The van der Waals surface area contributed by atoms with Crippen molar-refractivity contribution in [1.82, 2.24) is 4.90 Å². The Kier molecular flexibility index (Phi) is 2.76. The van der Waals surface area contributed by atoms with Crippen LogP contribution in [0.15, 0.2) is 29.7 Å². The first-order chi connectivity index (χ1) is 9.31. The Morgan fingerprint density at radius 2 is 2.21 bits per heavy atom. The molecule has 0 N–H and O–H groups in total. The molecule has 1 aromatic rings. The summed E-state index contributed by atoms with van der Waals surface area (Å²) in [4.78, 5) is 16.3. The average Bonchev–Trinajstić information content (AvgIpc) is 2.86. The largest absolute Gasteiger partial charge is 0.334 e. The van der Waals surface area contributed by atoms with E-state index < -0.39 is 0 Å². The highest BCUT2D eigenvalue weighted by molar-refractivity contribution is 7.09. The van der Waals surface area contributed by atoms with Crippen molar-refractivity contribution in [2.24, 2.45) is 17.8 Å². The summed E-state index contributed by atoms with van der Waals surface area (Å²) in [6.07, 6.45) is 9.31. The quantitative estimate of drug-likeness (QED) is 0.769. The van der Waals surface area contributed by atoms with Gasteiger partial charge < -0.3 is 4.90 Å². The van der Waals surface area contributed by atoms with E-state index in [1.807, 2.05) is 0 Å². The van der Waals surface area contributed by atoms with Gasteiger partial charge in [0.2, 0.25) is 5.91 Å². The molecule has 3 aliphatic rings. The van der Waals surface area contributed by atoms with Crippen molar-refractivity contribution in [3.8, 4) is 0 Å². The van der Waals surface area contributed by atoms with Gasteiger partial charge in [0.05, 0.1) is 6.54 Å². The van der Waals surface area contributed by atoms with E-state index in [-0.39, 0.29) is 5.92 Å². The fourth-order valence-corrected chi connectivity index (χ4v) is 4.32. The normalized spacial score (nSPS) is 31.9. The van der Waals surface area contributed by atoms with E-state index in [0.717, 1.165) is 13.0 Å². The van der Waals surface area contributed by atoms with Crippen molar-refractivity contribution in [1.29, 1.82) is 0 Å². The topological polar surface area (TPSA) is 20.3 Å². The van der Waals surface area contributed by atoms with Gasteiger partial charge in [-0.2, -0.15) is 0 Å². The molecule has 1 heterocycles.